The Morgan fingerprint density at radius 3 is 2.63 bits per heavy atom. The average Bonchev–Trinajstić information content (AvgIpc) is 2.99. The molecule has 1 fully saturated rings. The summed E-state index contributed by atoms with van der Waals surface area (Å²) in [5.74, 6) is 0.540. The lowest BCUT2D eigenvalue weighted by Crippen LogP contribution is -2.32. The Labute approximate surface area is 158 Å². The third-order valence-electron chi connectivity index (χ3n) is 5.57. The normalized spacial score (nSPS) is 24.9. The molecular weight excluding hydrogens is 369 g/mol. The molecule has 0 radical (unpaired) electrons. The van der Waals surface area contributed by atoms with Gasteiger partial charge in [-0.15, -0.1) is 0 Å². The highest BCUT2D eigenvalue weighted by Crippen LogP contribution is 2.47. The van der Waals surface area contributed by atoms with Crippen LogP contribution < -0.4 is 4.74 Å². The van der Waals surface area contributed by atoms with Gasteiger partial charge >= 0.3 is 0 Å². The van der Waals surface area contributed by atoms with Crippen LogP contribution in [-0.2, 0) is 16.4 Å². The highest BCUT2D eigenvalue weighted by atomic mass is 32.2. The van der Waals surface area contributed by atoms with Crippen LogP contribution in [0.1, 0.15) is 17.2 Å². The lowest BCUT2D eigenvalue weighted by Gasteiger charge is -2.34. The molecular formula is C20H22FNO4S. The van der Waals surface area contributed by atoms with Crippen molar-refractivity contribution in [2.24, 2.45) is 11.8 Å². The van der Waals surface area contributed by atoms with Crippen LogP contribution in [0.3, 0.4) is 0 Å². The van der Waals surface area contributed by atoms with Gasteiger partial charge < -0.3 is 9.84 Å². The van der Waals surface area contributed by atoms with Crippen molar-refractivity contribution in [2.75, 3.05) is 26.0 Å². The number of halogens is 1. The molecule has 27 heavy (non-hydrogen) atoms. The van der Waals surface area contributed by atoms with Crippen LogP contribution in [-0.4, -0.2) is 44.4 Å². The quantitative estimate of drug-likeness (QED) is 0.867. The second-order valence-electron chi connectivity index (χ2n) is 7.39. The first kappa shape index (κ1) is 18.4. The molecule has 0 bridgehead atoms. The zero-order valence-corrected chi connectivity index (χ0v) is 15.8. The van der Waals surface area contributed by atoms with Gasteiger partial charge in [0.15, 0.2) is 9.84 Å². The smallest absolute Gasteiger partial charge is 0.175 e. The first-order valence-electron chi connectivity index (χ1n) is 8.93. The van der Waals surface area contributed by atoms with Crippen molar-refractivity contribution in [1.82, 2.24) is 4.90 Å². The van der Waals surface area contributed by atoms with Gasteiger partial charge in [-0.05, 0) is 35.9 Å². The summed E-state index contributed by atoms with van der Waals surface area (Å²) < 4.78 is 42.9. The fraction of sp³-hybridized carbons (Fsp3) is 0.400. The third-order valence-corrected chi connectivity index (χ3v) is 6.70. The topological polar surface area (TPSA) is 66.8 Å². The van der Waals surface area contributed by atoms with Crippen LogP contribution >= 0.6 is 0 Å². The summed E-state index contributed by atoms with van der Waals surface area (Å²) in [5, 5.41) is 9.79. The molecule has 0 amide bonds. The minimum Gasteiger partial charge on any atom is -0.493 e. The van der Waals surface area contributed by atoms with Gasteiger partial charge in [0.05, 0.1) is 11.5 Å². The lowest BCUT2D eigenvalue weighted by molar-refractivity contribution is 0.118. The summed E-state index contributed by atoms with van der Waals surface area (Å²) in [5.41, 5.74) is 1.79. The van der Waals surface area contributed by atoms with Crippen molar-refractivity contribution in [2.45, 2.75) is 17.5 Å². The Balaban J connectivity index is 1.64. The van der Waals surface area contributed by atoms with Gasteiger partial charge in [0.2, 0.25) is 0 Å². The Kier molecular flexibility index (Phi) is 4.70. The molecule has 0 unspecified atom stereocenters. The molecule has 5 nitrogen and oxygen atoms in total. The molecule has 2 heterocycles. The van der Waals surface area contributed by atoms with Crippen LogP contribution in [0.25, 0.3) is 0 Å². The first-order chi connectivity index (χ1) is 12.9. The maximum absolute atomic E-state index is 13.9. The highest BCUT2D eigenvalue weighted by molar-refractivity contribution is 7.90. The van der Waals surface area contributed by atoms with Crippen molar-refractivity contribution < 1.29 is 22.7 Å². The zero-order chi connectivity index (χ0) is 19.2. The maximum atomic E-state index is 13.9. The average molecular weight is 391 g/mol. The highest BCUT2D eigenvalue weighted by Gasteiger charge is 2.45. The molecule has 1 N–H and O–H groups in total. The van der Waals surface area contributed by atoms with E-state index >= 15 is 0 Å². The summed E-state index contributed by atoms with van der Waals surface area (Å²) >= 11 is 0. The fourth-order valence-electron chi connectivity index (χ4n) is 4.23. The van der Waals surface area contributed by atoms with Gasteiger partial charge in [-0.2, -0.15) is 0 Å². The molecule has 2 aliphatic heterocycles. The van der Waals surface area contributed by atoms with Crippen LogP contribution in [0.15, 0.2) is 47.4 Å². The van der Waals surface area contributed by atoms with Crippen LogP contribution in [0, 0.1) is 17.7 Å². The molecule has 1 saturated heterocycles. The number of aliphatic hydroxyl groups excluding tert-OH is 1. The number of likely N-dealkylation sites (tertiary alicyclic amines) is 1. The monoisotopic (exact) mass is 391 g/mol. The number of ether oxygens (including phenoxy) is 1. The predicted molar refractivity (Wildman–Crippen MR) is 98.7 cm³/mol. The van der Waals surface area contributed by atoms with Gasteiger partial charge in [-0.3, -0.25) is 4.90 Å². The molecule has 4 rings (SSSR count). The van der Waals surface area contributed by atoms with Crippen molar-refractivity contribution in [3.63, 3.8) is 0 Å². The van der Waals surface area contributed by atoms with E-state index in [1.807, 2.05) is 12.1 Å². The number of fused-ring (bicyclic) bond motifs is 3. The number of hydrogen-bond donors (Lipinski definition) is 1. The van der Waals surface area contributed by atoms with Crippen molar-refractivity contribution >= 4 is 9.84 Å². The molecule has 0 spiro atoms. The number of benzene rings is 2. The van der Waals surface area contributed by atoms with Gasteiger partial charge in [0.1, 0.15) is 11.6 Å². The summed E-state index contributed by atoms with van der Waals surface area (Å²) in [6.07, 6.45) is 1.19. The molecule has 3 atom stereocenters. The van der Waals surface area contributed by atoms with E-state index in [4.69, 9.17) is 4.74 Å². The minimum atomic E-state index is -3.23. The van der Waals surface area contributed by atoms with Crippen molar-refractivity contribution in [1.29, 1.82) is 0 Å². The van der Waals surface area contributed by atoms with Crippen molar-refractivity contribution in [3.8, 4) is 5.75 Å². The number of nitrogens with zero attached hydrogens (tertiary/aromatic N) is 1. The van der Waals surface area contributed by atoms with Gasteiger partial charge in [-0.25, -0.2) is 12.8 Å². The van der Waals surface area contributed by atoms with E-state index in [1.54, 1.807) is 18.2 Å². The van der Waals surface area contributed by atoms with E-state index in [9.17, 15) is 17.9 Å². The second-order valence-corrected chi connectivity index (χ2v) is 9.41. The Morgan fingerprint density at radius 2 is 1.96 bits per heavy atom. The summed E-state index contributed by atoms with van der Waals surface area (Å²) in [6.45, 7) is 1.83. The van der Waals surface area contributed by atoms with E-state index in [2.05, 4.69) is 4.90 Å². The van der Waals surface area contributed by atoms with E-state index < -0.39 is 9.84 Å². The largest absolute Gasteiger partial charge is 0.493 e. The number of hydrogen-bond acceptors (Lipinski definition) is 5. The van der Waals surface area contributed by atoms with Gasteiger partial charge in [0.25, 0.3) is 0 Å². The molecule has 7 heteroatoms. The van der Waals surface area contributed by atoms with E-state index in [-0.39, 0.29) is 35.2 Å². The van der Waals surface area contributed by atoms with Gasteiger partial charge in [0, 0.05) is 49.4 Å². The van der Waals surface area contributed by atoms with E-state index in [0.717, 1.165) is 11.1 Å². The standard InChI is InChI=1S/C20H22FNO4S/c1-27(24,25)16-5-2-13(3-6-16)9-22-10-14(11-23)18-12-26-19-7-4-15(21)8-17(19)20(18)22/h2-8,14,18,20,23H,9-12H2,1H3/t14-,18-,20-/m0/s1. The van der Waals surface area contributed by atoms with E-state index in [1.165, 1.54) is 18.4 Å². The Morgan fingerprint density at radius 1 is 1.22 bits per heavy atom. The summed E-state index contributed by atoms with van der Waals surface area (Å²) in [4.78, 5) is 2.51. The number of rotatable bonds is 4. The van der Waals surface area contributed by atoms with E-state index in [0.29, 0.717) is 25.4 Å². The predicted octanol–water partition coefficient (Wildman–Crippen LogP) is 2.40. The lowest BCUT2D eigenvalue weighted by atomic mass is 9.85. The van der Waals surface area contributed by atoms with Gasteiger partial charge in [-0.1, -0.05) is 12.1 Å². The molecule has 2 aliphatic rings. The summed E-state index contributed by atoms with van der Waals surface area (Å²) in [7, 11) is -3.23. The maximum Gasteiger partial charge on any atom is 0.175 e. The van der Waals surface area contributed by atoms with Crippen LogP contribution in [0.4, 0.5) is 4.39 Å². The first-order valence-corrected chi connectivity index (χ1v) is 10.8. The molecule has 144 valence electrons. The fourth-order valence-corrected chi connectivity index (χ4v) is 4.86. The molecule has 2 aromatic carbocycles. The Hall–Kier alpha value is -1.96. The zero-order valence-electron chi connectivity index (χ0n) is 15.0. The number of aliphatic hydroxyl groups is 1. The SMILES string of the molecule is CS(=O)(=O)c1ccc(CN2C[C@@H](CO)[C@@H]3COc4ccc(F)cc4[C@@H]32)cc1. The molecule has 2 aromatic rings. The van der Waals surface area contributed by atoms with Crippen molar-refractivity contribution in [3.05, 3.63) is 59.4 Å². The molecule has 0 aliphatic carbocycles. The summed E-state index contributed by atoms with van der Waals surface area (Å²) in [6, 6.07) is 11.4. The van der Waals surface area contributed by atoms with Crippen LogP contribution in [0.5, 0.6) is 5.75 Å². The molecule has 0 aromatic heterocycles. The Bertz CT molecular complexity index is 945. The number of sulfone groups is 1. The second kappa shape index (κ2) is 6.89. The molecule has 0 saturated carbocycles. The third kappa shape index (κ3) is 3.47. The van der Waals surface area contributed by atoms with Crippen LogP contribution in [0.2, 0.25) is 0 Å². The minimum absolute atomic E-state index is 0.0313.